The van der Waals surface area contributed by atoms with E-state index in [9.17, 15) is 9.90 Å². The summed E-state index contributed by atoms with van der Waals surface area (Å²) in [4.78, 5) is 18.2. The summed E-state index contributed by atoms with van der Waals surface area (Å²) in [5, 5.41) is 19.0. The van der Waals surface area contributed by atoms with E-state index < -0.39 is 5.60 Å². The number of carbonyl (C=O) groups excluding carboxylic acids is 1. The van der Waals surface area contributed by atoms with Gasteiger partial charge in [-0.2, -0.15) is 0 Å². The van der Waals surface area contributed by atoms with Crippen LogP contribution in [0, 0.1) is 5.92 Å². The van der Waals surface area contributed by atoms with E-state index in [2.05, 4.69) is 4.98 Å². The number of likely N-dealkylation sites (tertiary alicyclic amines) is 1. The Morgan fingerprint density at radius 3 is 3.11 bits per heavy atom. The quantitative estimate of drug-likeness (QED) is 0.707. The van der Waals surface area contributed by atoms with E-state index in [1.807, 2.05) is 10.8 Å². The first kappa shape index (κ1) is 11.7. The SMILES string of the molecule is O=C(C1Cc2nccn2C1)N1CCC(O)(CO)C1. The van der Waals surface area contributed by atoms with E-state index in [4.69, 9.17) is 5.11 Å². The van der Waals surface area contributed by atoms with Gasteiger partial charge in [-0.15, -0.1) is 0 Å². The molecular formula is C12H17N3O3. The summed E-state index contributed by atoms with van der Waals surface area (Å²) < 4.78 is 2.00. The smallest absolute Gasteiger partial charge is 0.228 e. The number of hydrogen-bond donors (Lipinski definition) is 2. The molecule has 0 radical (unpaired) electrons. The highest BCUT2D eigenvalue weighted by Crippen LogP contribution is 2.26. The number of β-amino-alcohol motifs (C(OH)–C–C–N with tert-alkyl or cyclic N) is 1. The minimum atomic E-state index is -1.11. The predicted molar refractivity (Wildman–Crippen MR) is 62.7 cm³/mol. The Kier molecular flexibility index (Phi) is 2.64. The molecule has 6 nitrogen and oxygen atoms in total. The molecule has 2 N–H and O–H groups in total. The average molecular weight is 251 g/mol. The fourth-order valence-electron chi connectivity index (χ4n) is 2.82. The number of fused-ring (bicyclic) bond motifs is 1. The van der Waals surface area contributed by atoms with Gasteiger partial charge < -0.3 is 19.7 Å². The number of aliphatic hydroxyl groups excluding tert-OH is 1. The van der Waals surface area contributed by atoms with Crippen molar-refractivity contribution in [3.05, 3.63) is 18.2 Å². The summed E-state index contributed by atoms with van der Waals surface area (Å²) in [5.74, 6) is 0.935. The van der Waals surface area contributed by atoms with E-state index in [0.717, 1.165) is 5.82 Å². The van der Waals surface area contributed by atoms with Crippen molar-refractivity contribution in [3.8, 4) is 0 Å². The van der Waals surface area contributed by atoms with E-state index in [1.165, 1.54) is 0 Å². The molecule has 0 aliphatic carbocycles. The number of nitrogens with zero attached hydrogens (tertiary/aromatic N) is 3. The minimum Gasteiger partial charge on any atom is -0.393 e. The van der Waals surface area contributed by atoms with Crippen LogP contribution in [0.3, 0.4) is 0 Å². The maximum atomic E-state index is 12.3. The fourth-order valence-corrected chi connectivity index (χ4v) is 2.82. The lowest BCUT2D eigenvalue weighted by atomic mass is 10.1. The fraction of sp³-hybridized carbons (Fsp3) is 0.667. The molecule has 0 bridgehead atoms. The van der Waals surface area contributed by atoms with E-state index >= 15 is 0 Å². The number of hydrogen-bond acceptors (Lipinski definition) is 4. The van der Waals surface area contributed by atoms with Gasteiger partial charge in [0.05, 0.1) is 19.1 Å². The first-order valence-electron chi connectivity index (χ1n) is 6.23. The summed E-state index contributed by atoms with van der Waals surface area (Å²) in [6, 6.07) is 0. The monoisotopic (exact) mass is 251 g/mol. The Bertz CT molecular complexity index is 452. The van der Waals surface area contributed by atoms with Crippen LogP contribution in [-0.4, -0.2) is 55.9 Å². The maximum absolute atomic E-state index is 12.3. The molecule has 0 saturated carbocycles. The second-order valence-corrected chi connectivity index (χ2v) is 5.29. The first-order chi connectivity index (χ1) is 8.61. The third-order valence-corrected chi connectivity index (χ3v) is 3.94. The molecule has 6 heteroatoms. The third-order valence-electron chi connectivity index (χ3n) is 3.94. The Morgan fingerprint density at radius 2 is 2.44 bits per heavy atom. The third kappa shape index (κ3) is 1.81. The standard InChI is InChI=1S/C12H17N3O3/c16-8-12(18)1-3-15(7-12)11(17)9-5-10-13-2-4-14(10)6-9/h2,4,9,16,18H,1,3,5-8H2. The lowest BCUT2D eigenvalue weighted by Crippen LogP contribution is -2.41. The molecule has 3 heterocycles. The second kappa shape index (κ2) is 4.07. The molecule has 2 aliphatic rings. The van der Waals surface area contributed by atoms with Gasteiger partial charge in [-0.05, 0) is 6.42 Å². The van der Waals surface area contributed by atoms with E-state index in [0.29, 0.717) is 25.9 Å². The summed E-state index contributed by atoms with van der Waals surface area (Å²) in [6.45, 7) is 1.14. The molecule has 0 spiro atoms. The number of amides is 1. The summed E-state index contributed by atoms with van der Waals surface area (Å²) >= 11 is 0. The van der Waals surface area contributed by atoms with Crippen LogP contribution in [0.5, 0.6) is 0 Å². The molecule has 1 fully saturated rings. The molecule has 1 aromatic heterocycles. The Labute approximate surface area is 105 Å². The van der Waals surface area contributed by atoms with Crippen molar-refractivity contribution >= 4 is 5.91 Å². The van der Waals surface area contributed by atoms with Crippen LogP contribution in [0.4, 0.5) is 0 Å². The zero-order valence-corrected chi connectivity index (χ0v) is 10.1. The summed E-state index contributed by atoms with van der Waals surface area (Å²) in [6.07, 6.45) is 4.75. The average Bonchev–Trinajstić information content (AvgIpc) is 3.01. The largest absolute Gasteiger partial charge is 0.393 e. The number of aliphatic hydroxyl groups is 2. The van der Waals surface area contributed by atoms with Gasteiger partial charge in [0.2, 0.25) is 5.91 Å². The minimum absolute atomic E-state index is 0.0601. The van der Waals surface area contributed by atoms with Crippen molar-refractivity contribution in [3.63, 3.8) is 0 Å². The second-order valence-electron chi connectivity index (χ2n) is 5.29. The van der Waals surface area contributed by atoms with Crippen LogP contribution in [-0.2, 0) is 17.8 Å². The molecular weight excluding hydrogens is 234 g/mol. The van der Waals surface area contributed by atoms with Gasteiger partial charge >= 0.3 is 0 Å². The topological polar surface area (TPSA) is 78.6 Å². The van der Waals surface area contributed by atoms with Crippen molar-refractivity contribution in [2.75, 3.05) is 19.7 Å². The molecule has 2 atom stereocenters. The van der Waals surface area contributed by atoms with Crippen molar-refractivity contribution in [2.45, 2.75) is 25.0 Å². The van der Waals surface area contributed by atoms with Crippen LogP contribution >= 0.6 is 0 Å². The molecule has 0 aromatic carbocycles. The van der Waals surface area contributed by atoms with Gasteiger partial charge in [-0.3, -0.25) is 4.79 Å². The van der Waals surface area contributed by atoms with Crippen molar-refractivity contribution in [1.82, 2.24) is 14.5 Å². The van der Waals surface area contributed by atoms with E-state index in [-0.39, 0.29) is 25.0 Å². The normalized spacial score (nSPS) is 30.8. The Balaban J connectivity index is 1.65. The van der Waals surface area contributed by atoms with Crippen LogP contribution in [0.25, 0.3) is 0 Å². The number of imidazole rings is 1. The highest BCUT2D eigenvalue weighted by molar-refractivity contribution is 5.79. The zero-order chi connectivity index (χ0) is 12.8. The highest BCUT2D eigenvalue weighted by Gasteiger charge is 2.40. The van der Waals surface area contributed by atoms with Gasteiger partial charge in [0, 0.05) is 31.9 Å². The predicted octanol–water partition coefficient (Wildman–Crippen LogP) is -0.989. The van der Waals surface area contributed by atoms with Crippen molar-refractivity contribution in [2.24, 2.45) is 5.92 Å². The van der Waals surface area contributed by atoms with Crippen LogP contribution in [0.15, 0.2) is 12.4 Å². The number of carbonyl (C=O) groups is 1. The van der Waals surface area contributed by atoms with Crippen molar-refractivity contribution < 1.29 is 15.0 Å². The zero-order valence-electron chi connectivity index (χ0n) is 10.1. The van der Waals surface area contributed by atoms with Crippen LogP contribution in [0.1, 0.15) is 12.2 Å². The van der Waals surface area contributed by atoms with Gasteiger partial charge in [-0.25, -0.2) is 4.98 Å². The lowest BCUT2D eigenvalue weighted by Gasteiger charge is -2.23. The maximum Gasteiger partial charge on any atom is 0.228 e. The first-order valence-corrected chi connectivity index (χ1v) is 6.23. The number of aromatic nitrogens is 2. The molecule has 18 heavy (non-hydrogen) atoms. The van der Waals surface area contributed by atoms with Crippen LogP contribution < -0.4 is 0 Å². The molecule has 1 saturated heterocycles. The molecule has 3 rings (SSSR count). The Hall–Kier alpha value is -1.40. The van der Waals surface area contributed by atoms with Gasteiger partial charge in [0.15, 0.2) is 0 Å². The van der Waals surface area contributed by atoms with Crippen LogP contribution in [0.2, 0.25) is 0 Å². The van der Waals surface area contributed by atoms with Crippen molar-refractivity contribution in [1.29, 1.82) is 0 Å². The molecule has 1 amide bonds. The number of rotatable bonds is 2. The summed E-state index contributed by atoms with van der Waals surface area (Å²) in [5.41, 5.74) is -1.11. The van der Waals surface area contributed by atoms with Gasteiger partial charge in [0.1, 0.15) is 11.4 Å². The molecule has 2 aliphatic heterocycles. The molecule has 1 aromatic rings. The highest BCUT2D eigenvalue weighted by atomic mass is 16.3. The Morgan fingerprint density at radius 1 is 1.61 bits per heavy atom. The lowest BCUT2D eigenvalue weighted by molar-refractivity contribution is -0.135. The summed E-state index contributed by atoms with van der Waals surface area (Å²) in [7, 11) is 0. The van der Waals surface area contributed by atoms with Gasteiger partial charge in [-0.1, -0.05) is 0 Å². The van der Waals surface area contributed by atoms with E-state index in [1.54, 1.807) is 11.1 Å². The molecule has 2 unspecified atom stereocenters. The molecule has 98 valence electrons. The van der Waals surface area contributed by atoms with Gasteiger partial charge in [0.25, 0.3) is 0 Å².